The molecule has 2 aromatic rings. The van der Waals surface area contributed by atoms with Gasteiger partial charge in [-0.05, 0) is 59.3 Å². The average Bonchev–Trinajstić information content (AvgIpc) is 2.81. The fourth-order valence-corrected chi connectivity index (χ4v) is 2.94. The van der Waals surface area contributed by atoms with E-state index in [1.807, 2.05) is 0 Å². The summed E-state index contributed by atoms with van der Waals surface area (Å²) in [6.45, 7) is 1.54. The highest BCUT2D eigenvalue weighted by atomic mass is 79.9. The zero-order chi connectivity index (χ0) is 19.0. The fraction of sp³-hybridized carbons (Fsp3) is 0.167. The molecule has 0 bridgehead atoms. The van der Waals surface area contributed by atoms with Gasteiger partial charge in [-0.1, -0.05) is 0 Å². The van der Waals surface area contributed by atoms with Crippen LogP contribution in [0.5, 0.6) is 5.75 Å². The van der Waals surface area contributed by atoms with E-state index in [2.05, 4.69) is 21.2 Å². The van der Waals surface area contributed by atoms with Crippen molar-refractivity contribution in [3.8, 4) is 5.75 Å². The van der Waals surface area contributed by atoms with Crippen LogP contribution in [-0.2, 0) is 4.79 Å². The minimum atomic E-state index is -0.870. The van der Waals surface area contributed by atoms with Crippen LogP contribution in [0.25, 0.3) is 0 Å². The van der Waals surface area contributed by atoms with Gasteiger partial charge in [-0.25, -0.2) is 4.39 Å². The Hall–Kier alpha value is -2.74. The predicted octanol–water partition coefficient (Wildman–Crippen LogP) is 3.22. The summed E-state index contributed by atoms with van der Waals surface area (Å²) >= 11 is 3.17. The molecule has 2 aromatic carbocycles. The second kappa shape index (κ2) is 6.87. The van der Waals surface area contributed by atoms with Gasteiger partial charge in [0.1, 0.15) is 11.6 Å². The summed E-state index contributed by atoms with van der Waals surface area (Å²) in [4.78, 5) is 37.2. The van der Waals surface area contributed by atoms with Crippen molar-refractivity contribution in [2.45, 2.75) is 13.0 Å². The first-order chi connectivity index (χ1) is 12.3. The van der Waals surface area contributed by atoms with Gasteiger partial charge in [-0.3, -0.25) is 19.3 Å². The maximum atomic E-state index is 13.1. The number of carbonyl (C=O) groups excluding carboxylic acids is 3. The molecule has 1 aliphatic rings. The molecule has 3 rings (SSSR count). The van der Waals surface area contributed by atoms with E-state index < -0.39 is 23.7 Å². The molecule has 1 atom stereocenters. The molecule has 1 N–H and O–H groups in total. The monoisotopic (exact) mass is 420 g/mol. The zero-order valence-electron chi connectivity index (χ0n) is 13.9. The number of nitrogens with one attached hydrogen (secondary N) is 1. The molecule has 0 radical (unpaired) electrons. The van der Waals surface area contributed by atoms with E-state index in [9.17, 15) is 18.8 Å². The number of fused-ring (bicyclic) bond motifs is 1. The molecular weight excluding hydrogens is 407 g/mol. The van der Waals surface area contributed by atoms with Crippen molar-refractivity contribution >= 4 is 39.3 Å². The molecule has 6 nitrogen and oxygen atoms in total. The Kier molecular flexibility index (Phi) is 4.78. The van der Waals surface area contributed by atoms with Gasteiger partial charge in [0.2, 0.25) is 0 Å². The molecular formula is C18H14BrFN2O4. The van der Waals surface area contributed by atoms with Crippen molar-refractivity contribution < 1.29 is 23.5 Å². The highest BCUT2D eigenvalue weighted by Gasteiger charge is 2.32. The highest BCUT2D eigenvalue weighted by Crippen LogP contribution is 2.27. The lowest BCUT2D eigenvalue weighted by Gasteiger charge is -2.16. The molecule has 0 fully saturated rings. The van der Waals surface area contributed by atoms with E-state index in [0.29, 0.717) is 21.5 Å². The molecule has 8 heteroatoms. The SMILES string of the molecule is C[C@@H](Oc1ccc(F)cc1Br)C(=O)Nc1ccc2c(c1)C(=O)N(C)C2=O. The Bertz CT molecular complexity index is 931. The smallest absolute Gasteiger partial charge is 0.265 e. The molecule has 0 spiro atoms. The predicted molar refractivity (Wildman–Crippen MR) is 95.7 cm³/mol. The summed E-state index contributed by atoms with van der Waals surface area (Å²) in [7, 11) is 1.40. The molecule has 134 valence electrons. The Balaban J connectivity index is 1.72. The minimum Gasteiger partial charge on any atom is -0.480 e. The van der Waals surface area contributed by atoms with E-state index in [1.54, 1.807) is 13.0 Å². The molecule has 1 heterocycles. The van der Waals surface area contributed by atoms with Crippen molar-refractivity contribution in [2.24, 2.45) is 0 Å². The lowest BCUT2D eigenvalue weighted by Crippen LogP contribution is -2.30. The number of anilines is 1. The van der Waals surface area contributed by atoms with Gasteiger partial charge >= 0.3 is 0 Å². The van der Waals surface area contributed by atoms with Gasteiger partial charge in [0.25, 0.3) is 17.7 Å². The lowest BCUT2D eigenvalue weighted by molar-refractivity contribution is -0.122. The van der Waals surface area contributed by atoms with E-state index in [0.717, 1.165) is 4.90 Å². The second-order valence-corrected chi connectivity index (χ2v) is 6.61. The summed E-state index contributed by atoms with van der Waals surface area (Å²) in [6, 6.07) is 8.37. The number of carbonyl (C=O) groups is 3. The molecule has 0 saturated heterocycles. The molecule has 3 amide bonds. The first kappa shape index (κ1) is 18.1. The topological polar surface area (TPSA) is 75.7 Å². The average molecular weight is 421 g/mol. The summed E-state index contributed by atoms with van der Waals surface area (Å²) in [5.74, 6) is -1.35. The van der Waals surface area contributed by atoms with Gasteiger partial charge in [0.05, 0.1) is 15.6 Å². The number of hydrogen-bond acceptors (Lipinski definition) is 4. The molecule has 26 heavy (non-hydrogen) atoms. The minimum absolute atomic E-state index is 0.241. The van der Waals surface area contributed by atoms with Crippen LogP contribution in [0.3, 0.4) is 0 Å². The number of nitrogens with zero attached hydrogens (tertiary/aromatic N) is 1. The second-order valence-electron chi connectivity index (χ2n) is 5.75. The molecule has 0 unspecified atom stereocenters. The van der Waals surface area contributed by atoms with Gasteiger partial charge in [0, 0.05) is 12.7 Å². The lowest BCUT2D eigenvalue weighted by atomic mass is 10.1. The Morgan fingerprint density at radius 3 is 2.54 bits per heavy atom. The highest BCUT2D eigenvalue weighted by molar-refractivity contribution is 9.10. The van der Waals surface area contributed by atoms with Gasteiger partial charge in [-0.15, -0.1) is 0 Å². The van der Waals surface area contributed by atoms with Crippen molar-refractivity contribution in [3.05, 3.63) is 57.8 Å². The summed E-state index contributed by atoms with van der Waals surface area (Å²) in [5.41, 5.74) is 0.916. The molecule has 0 saturated carbocycles. The summed E-state index contributed by atoms with van der Waals surface area (Å²) < 4.78 is 19.0. The Labute approximate surface area is 157 Å². The zero-order valence-corrected chi connectivity index (χ0v) is 15.5. The summed E-state index contributed by atoms with van der Waals surface area (Å²) in [5, 5.41) is 2.64. The number of imide groups is 1. The third kappa shape index (κ3) is 3.32. The molecule has 1 aliphatic heterocycles. The standard InChI is InChI=1S/C18H14BrFN2O4/c1-9(26-15-6-3-10(20)7-14(15)19)16(23)21-11-4-5-12-13(8-11)18(25)22(2)17(12)24/h3-9H,1-2H3,(H,21,23)/t9-/m1/s1. The van der Waals surface area contributed by atoms with Gasteiger partial charge in [0.15, 0.2) is 6.10 Å². The maximum Gasteiger partial charge on any atom is 0.265 e. The number of hydrogen-bond donors (Lipinski definition) is 1. The Morgan fingerprint density at radius 1 is 1.15 bits per heavy atom. The summed E-state index contributed by atoms with van der Waals surface area (Å²) in [6.07, 6.45) is -0.870. The fourth-order valence-electron chi connectivity index (χ4n) is 2.50. The van der Waals surface area contributed by atoms with E-state index in [1.165, 1.54) is 37.4 Å². The molecule has 0 aromatic heterocycles. The number of halogens is 2. The van der Waals surface area contributed by atoms with Crippen molar-refractivity contribution in [2.75, 3.05) is 12.4 Å². The van der Waals surface area contributed by atoms with E-state index >= 15 is 0 Å². The largest absolute Gasteiger partial charge is 0.480 e. The van der Waals surface area contributed by atoms with Crippen LogP contribution >= 0.6 is 15.9 Å². The van der Waals surface area contributed by atoms with Crippen molar-refractivity contribution in [3.63, 3.8) is 0 Å². The Morgan fingerprint density at radius 2 is 1.85 bits per heavy atom. The third-order valence-corrected chi connectivity index (χ3v) is 4.54. The number of ether oxygens (including phenoxy) is 1. The van der Waals surface area contributed by atoms with Crippen LogP contribution in [-0.4, -0.2) is 35.8 Å². The van der Waals surface area contributed by atoms with Crippen LogP contribution in [0, 0.1) is 5.82 Å². The van der Waals surface area contributed by atoms with Crippen LogP contribution in [0.4, 0.5) is 10.1 Å². The van der Waals surface area contributed by atoms with Crippen molar-refractivity contribution in [1.82, 2.24) is 4.90 Å². The number of amides is 3. The number of rotatable bonds is 4. The molecule has 0 aliphatic carbocycles. The quantitative estimate of drug-likeness (QED) is 0.770. The third-order valence-electron chi connectivity index (χ3n) is 3.92. The van der Waals surface area contributed by atoms with Gasteiger partial charge < -0.3 is 10.1 Å². The van der Waals surface area contributed by atoms with Crippen LogP contribution in [0.1, 0.15) is 27.6 Å². The first-order valence-electron chi connectivity index (χ1n) is 7.67. The van der Waals surface area contributed by atoms with E-state index in [-0.39, 0.29) is 11.5 Å². The number of benzene rings is 2. The first-order valence-corrected chi connectivity index (χ1v) is 8.46. The maximum absolute atomic E-state index is 13.1. The van der Waals surface area contributed by atoms with Crippen molar-refractivity contribution in [1.29, 1.82) is 0 Å². The normalized spacial score (nSPS) is 14.2. The van der Waals surface area contributed by atoms with Crippen LogP contribution in [0.15, 0.2) is 40.9 Å². The van der Waals surface area contributed by atoms with E-state index in [4.69, 9.17) is 4.74 Å². The van der Waals surface area contributed by atoms with Crippen LogP contribution in [0.2, 0.25) is 0 Å². The van der Waals surface area contributed by atoms with Gasteiger partial charge in [-0.2, -0.15) is 0 Å². The van der Waals surface area contributed by atoms with Crippen LogP contribution < -0.4 is 10.1 Å².